The average Bonchev–Trinajstić information content (AvgIpc) is 3.40. The van der Waals surface area contributed by atoms with Crippen LogP contribution in [0.3, 0.4) is 0 Å². The summed E-state index contributed by atoms with van der Waals surface area (Å²) in [6.45, 7) is 1.76. The number of amides is 5. The first-order valence-electron chi connectivity index (χ1n) is 11.0. The molecule has 2 saturated heterocycles. The molecule has 1 spiro atoms. The minimum atomic E-state index is -1.52. The quantitative estimate of drug-likeness (QED) is 0.450. The number of rotatable bonds is 5. The third-order valence-corrected chi connectivity index (χ3v) is 7.61. The highest BCUT2D eigenvalue weighted by atomic mass is 35.5. The van der Waals surface area contributed by atoms with Crippen molar-refractivity contribution in [1.29, 1.82) is 0 Å². The van der Waals surface area contributed by atoms with Gasteiger partial charge in [-0.3, -0.25) is 29.3 Å². The van der Waals surface area contributed by atoms with Gasteiger partial charge in [-0.25, -0.2) is 4.90 Å². The molecule has 0 saturated carbocycles. The average molecular weight is 496 g/mol. The van der Waals surface area contributed by atoms with E-state index in [1.807, 2.05) is 0 Å². The summed E-state index contributed by atoms with van der Waals surface area (Å²) in [5.74, 6) is -4.71. The molecule has 0 unspecified atom stereocenters. The molecule has 3 aliphatic heterocycles. The summed E-state index contributed by atoms with van der Waals surface area (Å²) in [6.07, 6.45) is 0.140. The zero-order valence-corrected chi connectivity index (χ0v) is 19.4. The predicted octanol–water partition coefficient (Wildman–Crippen LogP) is 0.938. The lowest BCUT2D eigenvalue weighted by molar-refractivity contribution is -0.130. The standard InChI is InChI=1S/C24H22ClN5O5/c1-10-14(25)7-6-13-19(10)28-23(35)24(13)18-17(15(29-24)8-9-16(26)31)21(33)30(22(18)34)12-4-2-11(3-5-12)20(27)32/h2-7,15,17-18,29H,8-9H2,1H3,(H2,26,31)(H2,27,32)(H,28,35)/t15-,17-,18-,24-/m1/s1. The maximum atomic E-state index is 13.8. The van der Waals surface area contributed by atoms with Gasteiger partial charge in [0.25, 0.3) is 0 Å². The van der Waals surface area contributed by atoms with Crippen LogP contribution in [0.4, 0.5) is 11.4 Å². The van der Waals surface area contributed by atoms with Gasteiger partial charge in [-0.15, -0.1) is 0 Å². The lowest BCUT2D eigenvalue weighted by Gasteiger charge is -2.29. The van der Waals surface area contributed by atoms with Crippen LogP contribution >= 0.6 is 11.6 Å². The lowest BCUT2D eigenvalue weighted by atomic mass is 9.76. The Morgan fingerprint density at radius 3 is 2.37 bits per heavy atom. The van der Waals surface area contributed by atoms with Crippen LogP contribution in [0.15, 0.2) is 36.4 Å². The summed E-state index contributed by atoms with van der Waals surface area (Å²) in [5, 5.41) is 6.53. The van der Waals surface area contributed by atoms with Crippen molar-refractivity contribution in [1.82, 2.24) is 5.32 Å². The van der Waals surface area contributed by atoms with Crippen LogP contribution in [0.2, 0.25) is 5.02 Å². The fourth-order valence-corrected chi connectivity index (χ4v) is 5.72. The van der Waals surface area contributed by atoms with E-state index in [9.17, 15) is 24.0 Å². The zero-order chi connectivity index (χ0) is 25.2. The molecule has 35 heavy (non-hydrogen) atoms. The summed E-state index contributed by atoms with van der Waals surface area (Å²) < 4.78 is 0. The molecule has 5 amide bonds. The smallest absolute Gasteiger partial charge is 0.250 e. The third-order valence-electron chi connectivity index (χ3n) is 7.20. The second-order valence-electron chi connectivity index (χ2n) is 9.04. The number of imide groups is 1. The van der Waals surface area contributed by atoms with Gasteiger partial charge in [0, 0.05) is 28.6 Å². The number of fused-ring (bicyclic) bond motifs is 4. The van der Waals surface area contributed by atoms with Crippen LogP contribution in [-0.4, -0.2) is 35.6 Å². The van der Waals surface area contributed by atoms with Crippen molar-refractivity contribution in [3.8, 4) is 0 Å². The molecule has 2 aromatic rings. The summed E-state index contributed by atoms with van der Waals surface area (Å²) in [5.41, 5.74) is 11.3. The molecule has 0 bridgehead atoms. The van der Waals surface area contributed by atoms with Gasteiger partial charge in [0.2, 0.25) is 29.5 Å². The molecule has 3 heterocycles. The van der Waals surface area contributed by atoms with E-state index in [1.165, 1.54) is 24.3 Å². The van der Waals surface area contributed by atoms with Crippen LogP contribution in [0.1, 0.15) is 34.3 Å². The topological polar surface area (TPSA) is 165 Å². The van der Waals surface area contributed by atoms with Crippen LogP contribution in [0.25, 0.3) is 0 Å². The molecule has 11 heteroatoms. The maximum Gasteiger partial charge on any atom is 0.250 e. The number of halogens is 1. The number of nitrogens with zero attached hydrogens (tertiary/aromatic N) is 1. The van der Waals surface area contributed by atoms with Gasteiger partial charge in [-0.1, -0.05) is 17.7 Å². The largest absolute Gasteiger partial charge is 0.370 e. The Morgan fingerprint density at radius 2 is 1.74 bits per heavy atom. The number of carbonyl (C=O) groups is 5. The van der Waals surface area contributed by atoms with E-state index in [0.717, 1.165) is 4.90 Å². The van der Waals surface area contributed by atoms with Crippen molar-refractivity contribution in [2.45, 2.75) is 31.3 Å². The molecule has 0 radical (unpaired) electrons. The number of hydrogen-bond donors (Lipinski definition) is 4. The SMILES string of the molecule is Cc1c(Cl)ccc2c1NC(=O)[C@@]21N[C@H](CCC(N)=O)[C@H]2C(=O)N(c3ccc(C(N)=O)cc3)C(=O)[C@@H]21. The van der Waals surface area contributed by atoms with Crippen LogP contribution in [0, 0.1) is 18.8 Å². The minimum Gasteiger partial charge on any atom is -0.370 e. The number of nitrogens with two attached hydrogens (primary N) is 2. The van der Waals surface area contributed by atoms with Crippen LogP contribution in [-0.2, 0) is 24.7 Å². The summed E-state index contributed by atoms with van der Waals surface area (Å²) in [7, 11) is 0. The first-order valence-corrected chi connectivity index (χ1v) is 11.4. The Hall–Kier alpha value is -3.76. The van der Waals surface area contributed by atoms with Crippen LogP contribution in [0.5, 0.6) is 0 Å². The monoisotopic (exact) mass is 495 g/mol. The molecular weight excluding hydrogens is 474 g/mol. The number of nitrogens with one attached hydrogen (secondary N) is 2. The van der Waals surface area contributed by atoms with Crippen LogP contribution < -0.4 is 27.0 Å². The van der Waals surface area contributed by atoms with Crippen molar-refractivity contribution in [2.75, 3.05) is 10.2 Å². The van der Waals surface area contributed by atoms with Crippen molar-refractivity contribution < 1.29 is 24.0 Å². The van der Waals surface area contributed by atoms with E-state index < -0.39 is 53.0 Å². The number of carbonyl (C=O) groups excluding carboxylic acids is 5. The fourth-order valence-electron chi connectivity index (χ4n) is 5.57. The summed E-state index contributed by atoms with van der Waals surface area (Å²) in [6, 6.07) is 8.43. The molecule has 180 valence electrons. The van der Waals surface area contributed by atoms with E-state index in [0.29, 0.717) is 21.8 Å². The molecule has 3 aliphatic rings. The Morgan fingerprint density at radius 1 is 1.06 bits per heavy atom. The van der Waals surface area contributed by atoms with Crippen molar-refractivity contribution in [2.24, 2.45) is 23.3 Å². The minimum absolute atomic E-state index is 0.0279. The predicted molar refractivity (Wildman–Crippen MR) is 126 cm³/mol. The Labute approximate surface area is 205 Å². The molecule has 4 atom stereocenters. The molecule has 5 rings (SSSR count). The van der Waals surface area contributed by atoms with E-state index in [4.69, 9.17) is 23.1 Å². The third kappa shape index (κ3) is 3.17. The molecule has 2 fully saturated rings. The Bertz CT molecular complexity index is 1330. The van der Waals surface area contributed by atoms with E-state index >= 15 is 0 Å². The zero-order valence-electron chi connectivity index (χ0n) is 18.6. The number of hydrogen-bond acceptors (Lipinski definition) is 6. The first kappa shape index (κ1) is 23.0. The van der Waals surface area contributed by atoms with E-state index in [-0.39, 0.29) is 24.1 Å². The molecule has 0 aromatic heterocycles. The summed E-state index contributed by atoms with van der Waals surface area (Å²) >= 11 is 6.26. The highest BCUT2D eigenvalue weighted by Gasteiger charge is 2.70. The Kier molecular flexibility index (Phi) is 5.19. The number of anilines is 2. The normalized spacial score (nSPS) is 26.7. The second-order valence-corrected chi connectivity index (χ2v) is 9.45. The van der Waals surface area contributed by atoms with E-state index in [1.54, 1.807) is 19.1 Å². The lowest BCUT2D eigenvalue weighted by Crippen LogP contribution is -2.53. The van der Waals surface area contributed by atoms with E-state index in [2.05, 4.69) is 10.6 Å². The second kappa shape index (κ2) is 7.89. The van der Waals surface area contributed by atoms with Gasteiger partial charge in [0.05, 0.1) is 23.2 Å². The molecule has 2 aromatic carbocycles. The summed E-state index contributed by atoms with van der Waals surface area (Å²) in [4.78, 5) is 65.0. The van der Waals surface area contributed by atoms with Gasteiger partial charge in [-0.05, 0) is 49.2 Å². The van der Waals surface area contributed by atoms with Gasteiger partial charge >= 0.3 is 0 Å². The number of benzene rings is 2. The van der Waals surface area contributed by atoms with Gasteiger partial charge < -0.3 is 16.8 Å². The van der Waals surface area contributed by atoms with Crippen molar-refractivity contribution in [3.05, 3.63) is 58.1 Å². The maximum absolute atomic E-state index is 13.8. The molecule has 6 N–H and O–H groups in total. The highest BCUT2D eigenvalue weighted by Crippen LogP contribution is 2.55. The number of primary amides is 2. The van der Waals surface area contributed by atoms with Crippen molar-refractivity contribution in [3.63, 3.8) is 0 Å². The van der Waals surface area contributed by atoms with Crippen molar-refractivity contribution >= 4 is 52.5 Å². The fraction of sp³-hybridized carbons (Fsp3) is 0.292. The highest BCUT2D eigenvalue weighted by molar-refractivity contribution is 6.32. The molecule has 10 nitrogen and oxygen atoms in total. The van der Waals surface area contributed by atoms with Gasteiger partial charge in [0.15, 0.2) is 0 Å². The Balaban J connectivity index is 1.63. The molecular formula is C24H22ClN5O5. The van der Waals surface area contributed by atoms with Gasteiger partial charge in [-0.2, -0.15) is 0 Å². The first-order chi connectivity index (χ1) is 16.6. The molecule has 0 aliphatic carbocycles. The van der Waals surface area contributed by atoms with Gasteiger partial charge in [0.1, 0.15) is 5.54 Å².